The van der Waals surface area contributed by atoms with Gasteiger partial charge < -0.3 is 9.94 Å². The van der Waals surface area contributed by atoms with Crippen molar-refractivity contribution >= 4 is 22.7 Å². The van der Waals surface area contributed by atoms with Crippen LogP contribution in [-0.4, -0.2) is 18.1 Å². The van der Waals surface area contributed by atoms with Crippen molar-refractivity contribution in [3.05, 3.63) is 77.5 Å². The molecule has 0 amide bonds. The smallest absolute Gasteiger partial charge is 0.216 e. The Morgan fingerprint density at radius 3 is 2.38 bits per heavy atom. The zero-order valence-electron chi connectivity index (χ0n) is 11.7. The van der Waals surface area contributed by atoms with Crippen LogP contribution in [-0.2, 0) is 0 Å². The lowest BCUT2D eigenvalue weighted by molar-refractivity contribution is -0.354. The first kappa shape index (κ1) is 13.2. The van der Waals surface area contributed by atoms with Gasteiger partial charge in [0, 0.05) is 12.1 Å². The molecule has 0 saturated carbocycles. The van der Waals surface area contributed by atoms with Crippen LogP contribution >= 0.6 is 0 Å². The molecule has 3 aromatic carbocycles. The van der Waals surface area contributed by atoms with Gasteiger partial charge in [-0.05, 0) is 16.8 Å². The second-order valence-corrected chi connectivity index (χ2v) is 4.69. The number of rotatable bonds is 3. The monoisotopic (exact) mass is 277 g/mol. The molecule has 104 valence electrons. The molecule has 0 bridgehead atoms. The molecule has 0 fully saturated rings. The molecule has 0 aliphatic rings. The van der Waals surface area contributed by atoms with Gasteiger partial charge in [-0.3, -0.25) is 0 Å². The number of methoxy groups -OCH3 is 1. The molecule has 0 heterocycles. The Labute approximate surface area is 123 Å². The zero-order chi connectivity index (χ0) is 14.7. The summed E-state index contributed by atoms with van der Waals surface area (Å²) in [7, 11) is 1.61. The topological polar surface area (TPSA) is 35.3 Å². The summed E-state index contributed by atoms with van der Waals surface area (Å²) in [4.78, 5) is 0. The summed E-state index contributed by atoms with van der Waals surface area (Å²) in [5, 5.41) is 14.4. The molecule has 0 unspecified atom stereocenters. The minimum Gasteiger partial charge on any atom is -0.618 e. The van der Waals surface area contributed by atoms with E-state index in [1.807, 2.05) is 54.6 Å². The standard InChI is InChI=1S/C18H15NO2/c1-21-18-12-11-14-7-5-6-10-16(14)17(18)13-19(20)15-8-3-2-4-9-15/h2-13H,1H3. The van der Waals surface area contributed by atoms with E-state index in [1.54, 1.807) is 25.5 Å². The minimum atomic E-state index is 0.590. The van der Waals surface area contributed by atoms with Gasteiger partial charge in [-0.25, -0.2) is 0 Å². The van der Waals surface area contributed by atoms with Crippen molar-refractivity contribution in [3.8, 4) is 5.75 Å². The molecule has 0 aliphatic carbocycles. The Morgan fingerprint density at radius 2 is 1.62 bits per heavy atom. The van der Waals surface area contributed by atoms with Gasteiger partial charge in [-0.15, -0.1) is 0 Å². The van der Waals surface area contributed by atoms with Gasteiger partial charge in [-0.1, -0.05) is 48.5 Å². The van der Waals surface area contributed by atoms with Crippen LogP contribution in [0.5, 0.6) is 5.75 Å². The Morgan fingerprint density at radius 1 is 0.905 bits per heavy atom. The molecule has 0 atom stereocenters. The van der Waals surface area contributed by atoms with Crippen molar-refractivity contribution < 1.29 is 9.48 Å². The molecular formula is C18H15NO2. The van der Waals surface area contributed by atoms with Crippen LogP contribution in [0.1, 0.15) is 5.56 Å². The molecule has 3 heteroatoms. The average molecular weight is 277 g/mol. The second-order valence-electron chi connectivity index (χ2n) is 4.69. The van der Waals surface area contributed by atoms with Gasteiger partial charge in [0.05, 0.1) is 12.7 Å². The second kappa shape index (κ2) is 5.67. The van der Waals surface area contributed by atoms with Crippen molar-refractivity contribution in [2.75, 3.05) is 7.11 Å². The fourth-order valence-corrected chi connectivity index (χ4v) is 2.35. The van der Waals surface area contributed by atoms with E-state index in [2.05, 4.69) is 0 Å². The lowest BCUT2D eigenvalue weighted by Gasteiger charge is -2.09. The highest BCUT2D eigenvalue weighted by molar-refractivity contribution is 6.01. The maximum Gasteiger partial charge on any atom is 0.216 e. The summed E-state index contributed by atoms with van der Waals surface area (Å²) in [5.74, 6) is 0.686. The van der Waals surface area contributed by atoms with Crippen molar-refractivity contribution in [1.29, 1.82) is 0 Å². The molecule has 3 nitrogen and oxygen atoms in total. The fourth-order valence-electron chi connectivity index (χ4n) is 2.35. The molecular weight excluding hydrogens is 262 g/mol. The fraction of sp³-hybridized carbons (Fsp3) is 0.0556. The highest BCUT2D eigenvalue weighted by Gasteiger charge is 2.10. The third-order valence-electron chi connectivity index (χ3n) is 3.41. The van der Waals surface area contributed by atoms with Crippen molar-refractivity contribution in [2.45, 2.75) is 0 Å². The molecule has 0 aliphatic heterocycles. The van der Waals surface area contributed by atoms with Crippen LogP contribution in [0.15, 0.2) is 66.7 Å². The van der Waals surface area contributed by atoms with Crippen molar-refractivity contribution in [3.63, 3.8) is 0 Å². The molecule has 3 rings (SSSR count). The van der Waals surface area contributed by atoms with Gasteiger partial charge in [0.15, 0.2) is 6.21 Å². The van der Waals surface area contributed by atoms with E-state index in [0.717, 1.165) is 21.1 Å². The highest BCUT2D eigenvalue weighted by atomic mass is 16.5. The van der Waals surface area contributed by atoms with E-state index in [1.165, 1.54) is 0 Å². The Balaban J connectivity index is 2.19. The van der Waals surface area contributed by atoms with E-state index in [0.29, 0.717) is 11.4 Å². The number of benzene rings is 3. The first-order chi connectivity index (χ1) is 10.3. The SMILES string of the molecule is COc1ccc2ccccc2c1C=[N+]([O-])c1ccccc1. The van der Waals surface area contributed by atoms with E-state index >= 15 is 0 Å². The number of ether oxygens (including phenoxy) is 1. The summed E-state index contributed by atoms with van der Waals surface area (Å²) >= 11 is 0. The number of para-hydroxylation sites is 1. The average Bonchev–Trinajstić information content (AvgIpc) is 2.56. The largest absolute Gasteiger partial charge is 0.618 e. The normalized spacial score (nSPS) is 11.6. The van der Waals surface area contributed by atoms with Crippen LogP contribution in [0.25, 0.3) is 10.8 Å². The maximum atomic E-state index is 12.3. The maximum absolute atomic E-state index is 12.3. The van der Waals surface area contributed by atoms with Gasteiger partial charge in [0.1, 0.15) is 5.75 Å². The zero-order valence-corrected chi connectivity index (χ0v) is 11.7. The van der Waals surface area contributed by atoms with Gasteiger partial charge in [0.2, 0.25) is 5.69 Å². The Kier molecular flexibility index (Phi) is 3.56. The van der Waals surface area contributed by atoms with Crippen LogP contribution < -0.4 is 4.74 Å². The van der Waals surface area contributed by atoms with Gasteiger partial charge >= 0.3 is 0 Å². The number of fused-ring (bicyclic) bond motifs is 1. The molecule has 21 heavy (non-hydrogen) atoms. The Hall–Kier alpha value is -2.81. The van der Waals surface area contributed by atoms with E-state index in [9.17, 15) is 5.21 Å². The third-order valence-corrected chi connectivity index (χ3v) is 3.41. The highest BCUT2D eigenvalue weighted by Crippen LogP contribution is 2.26. The minimum absolute atomic E-state index is 0.590. The Bertz CT molecular complexity index is 795. The van der Waals surface area contributed by atoms with E-state index < -0.39 is 0 Å². The first-order valence-electron chi connectivity index (χ1n) is 6.71. The molecule has 0 spiro atoms. The summed E-state index contributed by atoms with van der Waals surface area (Å²) in [6.07, 6.45) is 1.57. The summed E-state index contributed by atoms with van der Waals surface area (Å²) < 4.78 is 6.26. The van der Waals surface area contributed by atoms with E-state index in [4.69, 9.17) is 4.74 Å². The van der Waals surface area contributed by atoms with Crippen LogP contribution in [0.4, 0.5) is 5.69 Å². The number of hydrogen-bond acceptors (Lipinski definition) is 2. The van der Waals surface area contributed by atoms with E-state index in [-0.39, 0.29) is 0 Å². The predicted octanol–water partition coefficient (Wildman–Crippen LogP) is 4.11. The van der Waals surface area contributed by atoms with Gasteiger partial charge in [-0.2, -0.15) is 4.74 Å². The molecule has 0 N–H and O–H groups in total. The molecule has 0 saturated heterocycles. The van der Waals surface area contributed by atoms with Crippen LogP contribution in [0, 0.1) is 5.21 Å². The molecule has 0 aromatic heterocycles. The quantitative estimate of drug-likeness (QED) is 0.312. The van der Waals surface area contributed by atoms with Crippen molar-refractivity contribution in [1.82, 2.24) is 0 Å². The number of nitrogens with zero attached hydrogens (tertiary/aromatic N) is 1. The van der Waals surface area contributed by atoms with Crippen LogP contribution in [0.3, 0.4) is 0 Å². The summed E-state index contributed by atoms with van der Waals surface area (Å²) in [6.45, 7) is 0. The predicted molar refractivity (Wildman–Crippen MR) is 85.4 cm³/mol. The summed E-state index contributed by atoms with van der Waals surface area (Å²) in [5.41, 5.74) is 1.38. The molecule has 0 radical (unpaired) electrons. The number of hydrogen-bond donors (Lipinski definition) is 0. The van der Waals surface area contributed by atoms with Crippen molar-refractivity contribution in [2.24, 2.45) is 0 Å². The van der Waals surface area contributed by atoms with Crippen LogP contribution in [0.2, 0.25) is 0 Å². The van der Waals surface area contributed by atoms with Gasteiger partial charge in [0.25, 0.3) is 0 Å². The first-order valence-corrected chi connectivity index (χ1v) is 6.71. The third kappa shape index (κ3) is 2.58. The lowest BCUT2D eigenvalue weighted by Crippen LogP contribution is -2.01. The lowest BCUT2D eigenvalue weighted by atomic mass is 10.0. The summed E-state index contributed by atoms with van der Waals surface area (Å²) in [6, 6.07) is 20.9. The molecule has 3 aromatic rings.